The smallest absolute Gasteiger partial charge is 0.222 e. The summed E-state index contributed by atoms with van der Waals surface area (Å²) in [7, 11) is 0. The number of nitrogens with zero attached hydrogens (tertiary/aromatic N) is 6. The molecular weight excluding hydrogens is 228 g/mol. The maximum atomic E-state index is 4.68. The van der Waals surface area contributed by atoms with E-state index in [1.165, 1.54) is 0 Å². The van der Waals surface area contributed by atoms with Crippen molar-refractivity contribution in [3.05, 3.63) is 24.3 Å². The first kappa shape index (κ1) is 10.9. The lowest BCUT2D eigenvalue weighted by Gasteiger charge is -2.20. The Morgan fingerprint density at radius 1 is 1.17 bits per heavy atom. The van der Waals surface area contributed by atoms with E-state index in [-0.39, 0.29) is 0 Å². The molecule has 1 aromatic carbocycles. The average molecular weight is 242 g/mol. The molecule has 0 N–H and O–H groups in total. The number of fused-ring (bicyclic) bond motifs is 3. The number of hydrogen-bond donors (Lipinski definition) is 0. The molecule has 0 spiro atoms. The van der Waals surface area contributed by atoms with Crippen LogP contribution >= 0.6 is 0 Å². The summed E-state index contributed by atoms with van der Waals surface area (Å²) in [5.74, 6) is 0.837. The second-order valence-corrected chi connectivity index (χ2v) is 4.01. The molecule has 0 saturated heterocycles. The monoisotopic (exact) mass is 242 g/mol. The van der Waals surface area contributed by atoms with Crippen molar-refractivity contribution in [2.45, 2.75) is 13.8 Å². The standard InChI is InChI=1S/C12H14N6/c1-3-17(4-2)11-12-14-15-16-18(12)10-8-6-5-7-9(10)13-11/h5-8H,3-4H2,1-2H3. The van der Waals surface area contributed by atoms with Crippen LogP contribution in [0.25, 0.3) is 16.7 Å². The minimum atomic E-state index is 0.706. The molecule has 18 heavy (non-hydrogen) atoms. The molecule has 0 aliphatic heterocycles. The first-order valence-electron chi connectivity index (χ1n) is 6.07. The van der Waals surface area contributed by atoms with Gasteiger partial charge in [0.15, 0.2) is 5.82 Å². The number of aromatic nitrogens is 5. The highest BCUT2D eigenvalue weighted by Crippen LogP contribution is 2.21. The zero-order chi connectivity index (χ0) is 12.5. The van der Waals surface area contributed by atoms with Gasteiger partial charge in [-0.15, -0.1) is 5.10 Å². The summed E-state index contributed by atoms with van der Waals surface area (Å²) >= 11 is 0. The van der Waals surface area contributed by atoms with Crippen molar-refractivity contribution in [2.24, 2.45) is 0 Å². The minimum Gasteiger partial charge on any atom is -0.354 e. The Labute approximate surface area is 104 Å². The third kappa shape index (κ3) is 1.49. The van der Waals surface area contributed by atoms with Crippen molar-refractivity contribution < 1.29 is 0 Å². The van der Waals surface area contributed by atoms with Crippen LogP contribution in [0.15, 0.2) is 24.3 Å². The molecule has 0 aliphatic rings. The molecule has 6 heteroatoms. The second kappa shape index (κ2) is 4.21. The third-order valence-corrected chi connectivity index (χ3v) is 3.07. The lowest BCUT2D eigenvalue weighted by molar-refractivity contribution is 0.832. The zero-order valence-corrected chi connectivity index (χ0v) is 10.4. The fraction of sp³-hybridized carbons (Fsp3) is 0.333. The summed E-state index contributed by atoms with van der Waals surface area (Å²) in [6.07, 6.45) is 0. The van der Waals surface area contributed by atoms with Crippen molar-refractivity contribution in [3.63, 3.8) is 0 Å². The van der Waals surface area contributed by atoms with E-state index in [0.29, 0.717) is 5.65 Å². The summed E-state index contributed by atoms with van der Waals surface area (Å²) in [5, 5.41) is 11.9. The van der Waals surface area contributed by atoms with Gasteiger partial charge < -0.3 is 4.90 Å². The third-order valence-electron chi connectivity index (χ3n) is 3.07. The largest absolute Gasteiger partial charge is 0.354 e. The molecule has 0 aliphatic carbocycles. The van der Waals surface area contributed by atoms with E-state index in [4.69, 9.17) is 0 Å². The number of rotatable bonds is 3. The minimum absolute atomic E-state index is 0.706. The molecular formula is C12H14N6. The Hall–Kier alpha value is -2.24. The zero-order valence-electron chi connectivity index (χ0n) is 10.4. The van der Waals surface area contributed by atoms with E-state index in [1.54, 1.807) is 4.52 Å². The Morgan fingerprint density at radius 3 is 2.72 bits per heavy atom. The highest BCUT2D eigenvalue weighted by atomic mass is 15.5. The molecule has 0 unspecified atom stereocenters. The van der Waals surface area contributed by atoms with Gasteiger partial charge in [-0.1, -0.05) is 12.1 Å². The number of benzene rings is 1. The predicted octanol–water partition coefficient (Wildman–Crippen LogP) is 1.52. The van der Waals surface area contributed by atoms with E-state index >= 15 is 0 Å². The lowest BCUT2D eigenvalue weighted by atomic mass is 10.3. The van der Waals surface area contributed by atoms with Crippen LogP contribution < -0.4 is 4.90 Å². The number of anilines is 1. The molecule has 0 atom stereocenters. The van der Waals surface area contributed by atoms with Crippen LogP contribution in [0.2, 0.25) is 0 Å². The average Bonchev–Trinajstić information content (AvgIpc) is 2.89. The summed E-state index contributed by atoms with van der Waals surface area (Å²) in [5.41, 5.74) is 2.53. The van der Waals surface area contributed by atoms with Gasteiger partial charge in [-0.2, -0.15) is 4.52 Å². The Bertz CT molecular complexity index is 685. The van der Waals surface area contributed by atoms with Gasteiger partial charge in [0.1, 0.15) is 0 Å². The fourth-order valence-corrected chi connectivity index (χ4v) is 2.13. The summed E-state index contributed by atoms with van der Waals surface area (Å²) < 4.78 is 1.75. The summed E-state index contributed by atoms with van der Waals surface area (Å²) in [6, 6.07) is 7.88. The quantitative estimate of drug-likeness (QED) is 0.697. The van der Waals surface area contributed by atoms with E-state index in [1.807, 2.05) is 24.3 Å². The van der Waals surface area contributed by atoms with Crippen molar-refractivity contribution >= 4 is 22.5 Å². The van der Waals surface area contributed by atoms with E-state index < -0.39 is 0 Å². The van der Waals surface area contributed by atoms with Crippen LogP contribution in [0.4, 0.5) is 5.82 Å². The fourth-order valence-electron chi connectivity index (χ4n) is 2.13. The Balaban J connectivity index is 2.38. The van der Waals surface area contributed by atoms with Crippen molar-refractivity contribution in [1.82, 2.24) is 25.0 Å². The van der Waals surface area contributed by atoms with Crippen LogP contribution in [-0.4, -0.2) is 38.1 Å². The first-order valence-corrected chi connectivity index (χ1v) is 6.07. The lowest BCUT2D eigenvalue weighted by Crippen LogP contribution is -2.24. The van der Waals surface area contributed by atoms with Gasteiger partial charge in [0.25, 0.3) is 0 Å². The first-order chi connectivity index (χ1) is 8.85. The van der Waals surface area contributed by atoms with Gasteiger partial charge in [-0.05, 0) is 36.4 Å². The van der Waals surface area contributed by atoms with Gasteiger partial charge in [0, 0.05) is 13.1 Å². The number of tetrazole rings is 1. The maximum absolute atomic E-state index is 4.68. The van der Waals surface area contributed by atoms with Crippen LogP contribution in [0.5, 0.6) is 0 Å². The summed E-state index contributed by atoms with van der Waals surface area (Å²) in [4.78, 5) is 6.83. The van der Waals surface area contributed by atoms with Crippen LogP contribution in [0, 0.1) is 0 Å². The van der Waals surface area contributed by atoms with Gasteiger partial charge in [-0.25, -0.2) is 4.98 Å². The molecule has 92 valence electrons. The molecule has 0 saturated carbocycles. The van der Waals surface area contributed by atoms with Crippen LogP contribution in [0.3, 0.4) is 0 Å². The number of para-hydroxylation sites is 2. The molecule has 2 heterocycles. The Morgan fingerprint density at radius 2 is 1.94 bits per heavy atom. The van der Waals surface area contributed by atoms with E-state index in [0.717, 1.165) is 29.9 Å². The molecule has 0 fully saturated rings. The number of hydrogen-bond acceptors (Lipinski definition) is 5. The maximum Gasteiger partial charge on any atom is 0.222 e. The second-order valence-electron chi connectivity index (χ2n) is 4.01. The van der Waals surface area contributed by atoms with E-state index in [9.17, 15) is 0 Å². The van der Waals surface area contributed by atoms with Crippen LogP contribution in [0.1, 0.15) is 13.8 Å². The summed E-state index contributed by atoms with van der Waals surface area (Å²) in [6.45, 7) is 5.95. The van der Waals surface area contributed by atoms with Crippen molar-refractivity contribution in [2.75, 3.05) is 18.0 Å². The molecule has 0 radical (unpaired) electrons. The highest BCUT2D eigenvalue weighted by molar-refractivity contribution is 5.82. The van der Waals surface area contributed by atoms with Crippen LogP contribution in [-0.2, 0) is 0 Å². The van der Waals surface area contributed by atoms with Crippen molar-refractivity contribution in [3.8, 4) is 0 Å². The normalized spacial score (nSPS) is 11.2. The molecule has 0 bridgehead atoms. The molecule has 0 amide bonds. The molecule has 3 aromatic rings. The molecule has 6 nitrogen and oxygen atoms in total. The highest BCUT2D eigenvalue weighted by Gasteiger charge is 2.14. The predicted molar refractivity (Wildman–Crippen MR) is 69.6 cm³/mol. The Kier molecular flexibility index (Phi) is 2.55. The van der Waals surface area contributed by atoms with Crippen molar-refractivity contribution in [1.29, 1.82) is 0 Å². The van der Waals surface area contributed by atoms with Gasteiger partial charge in [0.2, 0.25) is 5.65 Å². The topological polar surface area (TPSA) is 59.2 Å². The molecule has 2 aromatic heterocycles. The van der Waals surface area contributed by atoms with Gasteiger partial charge in [0.05, 0.1) is 11.0 Å². The SMILES string of the molecule is CCN(CC)c1nc2ccccc2n2nnnc12. The van der Waals surface area contributed by atoms with E-state index in [2.05, 4.69) is 39.3 Å². The molecule has 3 rings (SSSR count). The van der Waals surface area contributed by atoms with Gasteiger partial charge >= 0.3 is 0 Å². The van der Waals surface area contributed by atoms with Gasteiger partial charge in [-0.3, -0.25) is 0 Å².